The molecule has 1 fully saturated rings. The van der Waals surface area contributed by atoms with Gasteiger partial charge in [-0.25, -0.2) is 0 Å². The van der Waals surface area contributed by atoms with E-state index < -0.39 is 0 Å². The second kappa shape index (κ2) is 7.60. The van der Waals surface area contributed by atoms with Crippen molar-refractivity contribution in [3.8, 4) is 0 Å². The van der Waals surface area contributed by atoms with Gasteiger partial charge in [0.15, 0.2) is 0 Å². The van der Waals surface area contributed by atoms with Crippen molar-refractivity contribution in [1.29, 1.82) is 0 Å². The fraction of sp³-hybridized carbons (Fsp3) is 1.00. The summed E-state index contributed by atoms with van der Waals surface area (Å²) in [5.41, 5.74) is 0.556. The second-order valence-corrected chi connectivity index (χ2v) is 7.99. The van der Waals surface area contributed by atoms with Crippen LogP contribution in [0.1, 0.15) is 60.3 Å². The van der Waals surface area contributed by atoms with Crippen molar-refractivity contribution in [2.45, 2.75) is 72.0 Å². The van der Waals surface area contributed by atoms with E-state index in [4.69, 9.17) is 9.47 Å². The van der Waals surface area contributed by atoms with Gasteiger partial charge in [-0.15, -0.1) is 0 Å². The maximum absolute atomic E-state index is 6.20. The van der Waals surface area contributed by atoms with Gasteiger partial charge in [-0.1, -0.05) is 43.4 Å². The van der Waals surface area contributed by atoms with Gasteiger partial charge in [-0.2, -0.15) is 0 Å². The lowest BCUT2D eigenvalue weighted by Gasteiger charge is -2.43. The molecule has 0 spiro atoms. The summed E-state index contributed by atoms with van der Waals surface area (Å²) in [6.07, 6.45) is 5.32. The van der Waals surface area contributed by atoms with Crippen LogP contribution in [0.4, 0.5) is 0 Å². The molecule has 1 aliphatic rings. The third-order valence-corrected chi connectivity index (χ3v) is 5.70. The molecule has 0 atom stereocenters. The summed E-state index contributed by atoms with van der Waals surface area (Å²) in [5.74, 6) is 0.846. The minimum absolute atomic E-state index is 0.114. The molecule has 1 saturated carbocycles. The first kappa shape index (κ1) is 17.7. The number of alkyl halides is 1. The maximum Gasteiger partial charge on any atom is 0.0772 e. The molecule has 0 radical (unpaired) electrons. The summed E-state index contributed by atoms with van der Waals surface area (Å²) >= 11 is 2.49. The van der Waals surface area contributed by atoms with E-state index in [1.165, 1.54) is 25.7 Å². The first-order chi connectivity index (χ1) is 8.79. The third kappa shape index (κ3) is 5.88. The lowest BCUT2D eigenvalue weighted by Crippen LogP contribution is -2.42. The molecule has 114 valence electrons. The number of ether oxygens (including phenoxy) is 2. The summed E-state index contributed by atoms with van der Waals surface area (Å²) < 4.78 is 12.9. The molecule has 0 heterocycles. The molecule has 1 aliphatic carbocycles. The van der Waals surface area contributed by atoms with Gasteiger partial charge in [0.1, 0.15) is 0 Å². The molecule has 19 heavy (non-hydrogen) atoms. The quantitative estimate of drug-likeness (QED) is 0.372. The van der Waals surface area contributed by atoms with Gasteiger partial charge in [0.2, 0.25) is 0 Å². The van der Waals surface area contributed by atoms with Crippen molar-refractivity contribution in [3.63, 3.8) is 0 Å². The third-order valence-electron chi connectivity index (χ3n) is 4.31. The Kier molecular flexibility index (Phi) is 7.08. The molecular weight excluding hydrogens is 351 g/mol. The van der Waals surface area contributed by atoms with E-state index in [9.17, 15) is 0 Å². The molecule has 0 N–H and O–H groups in total. The van der Waals surface area contributed by atoms with E-state index in [1.54, 1.807) is 0 Å². The van der Waals surface area contributed by atoms with Gasteiger partial charge in [-0.3, -0.25) is 0 Å². The van der Waals surface area contributed by atoms with Gasteiger partial charge >= 0.3 is 0 Å². The van der Waals surface area contributed by atoms with Crippen LogP contribution >= 0.6 is 22.6 Å². The Balaban J connectivity index is 2.38. The van der Waals surface area contributed by atoms with Gasteiger partial charge in [0.05, 0.1) is 24.9 Å². The second-order valence-electron chi connectivity index (χ2n) is 7.22. The van der Waals surface area contributed by atoms with Crippen LogP contribution in [0.15, 0.2) is 0 Å². The molecule has 0 unspecified atom stereocenters. The van der Waals surface area contributed by atoms with Crippen molar-refractivity contribution in [2.75, 3.05) is 17.6 Å². The van der Waals surface area contributed by atoms with Crippen LogP contribution in [0.5, 0.6) is 0 Å². The predicted octanol–water partition coefficient (Wildman–Crippen LogP) is 4.84. The molecule has 2 nitrogen and oxygen atoms in total. The van der Waals surface area contributed by atoms with Crippen LogP contribution in [0.25, 0.3) is 0 Å². The Labute approximate surface area is 133 Å². The fourth-order valence-corrected chi connectivity index (χ4v) is 3.85. The largest absolute Gasteiger partial charge is 0.376 e. The lowest BCUT2D eigenvalue weighted by atomic mass is 9.69. The predicted molar refractivity (Wildman–Crippen MR) is 90.1 cm³/mol. The summed E-state index contributed by atoms with van der Waals surface area (Å²) in [6, 6.07) is 0. The number of hydrogen-bond donors (Lipinski definition) is 0. The molecule has 0 amide bonds. The average Bonchev–Trinajstić information content (AvgIpc) is 2.34. The average molecular weight is 382 g/mol. The van der Waals surface area contributed by atoms with Crippen molar-refractivity contribution in [3.05, 3.63) is 0 Å². The van der Waals surface area contributed by atoms with E-state index in [0.717, 1.165) is 23.6 Å². The van der Waals surface area contributed by atoms with E-state index in [2.05, 4.69) is 57.2 Å². The van der Waals surface area contributed by atoms with E-state index >= 15 is 0 Å². The summed E-state index contributed by atoms with van der Waals surface area (Å²) in [5, 5.41) is 0. The highest BCUT2D eigenvalue weighted by atomic mass is 127. The van der Waals surface area contributed by atoms with Crippen molar-refractivity contribution in [2.24, 2.45) is 11.3 Å². The molecule has 0 aliphatic heterocycles. The van der Waals surface area contributed by atoms with Crippen LogP contribution in [-0.4, -0.2) is 29.3 Å². The Bertz CT molecular complexity index is 250. The van der Waals surface area contributed by atoms with Crippen molar-refractivity contribution in [1.82, 2.24) is 0 Å². The molecule has 0 aromatic rings. The smallest absolute Gasteiger partial charge is 0.0772 e. The number of rotatable bonds is 6. The zero-order valence-corrected chi connectivity index (χ0v) is 15.5. The molecular formula is C16H31IO2. The Morgan fingerprint density at radius 1 is 1.16 bits per heavy atom. The van der Waals surface area contributed by atoms with Gasteiger partial charge in [-0.05, 0) is 50.9 Å². The minimum Gasteiger partial charge on any atom is -0.376 e. The number of hydrogen-bond acceptors (Lipinski definition) is 2. The van der Waals surface area contributed by atoms with Gasteiger partial charge < -0.3 is 9.47 Å². The van der Waals surface area contributed by atoms with Crippen molar-refractivity contribution >= 4 is 22.6 Å². The Hall–Kier alpha value is 0.650. The van der Waals surface area contributed by atoms with E-state index in [1.807, 2.05) is 0 Å². The van der Waals surface area contributed by atoms with E-state index in [-0.39, 0.29) is 5.60 Å². The van der Waals surface area contributed by atoms with Gasteiger partial charge in [0, 0.05) is 4.43 Å². The SMILES string of the molecule is CC(C)OCCOC1(CI)CCC(C(C)(C)C)CC1. The minimum atomic E-state index is 0.114. The summed E-state index contributed by atoms with van der Waals surface area (Å²) in [7, 11) is 0. The normalized spacial score (nSPS) is 28.9. The summed E-state index contributed by atoms with van der Waals surface area (Å²) in [6.45, 7) is 12.7. The zero-order chi connectivity index (χ0) is 14.5. The molecule has 0 aromatic carbocycles. The van der Waals surface area contributed by atoms with Crippen LogP contribution in [-0.2, 0) is 9.47 Å². The topological polar surface area (TPSA) is 18.5 Å². The summed E-state index contributed by atoms with van der Waals surface area (Å²) in [4.78, 5) is 0. The highest BCUT2D eigenvalue weighted by Crippen LogP contribution is 2.43. The first-order valence-electron chi connectivity index (χ1n) is 7.60. The van der Waals surface area contributed by atoms with Gasteiger partial charge in [0.25, 0.3) is 0 Å². The molecule has 3 heteroatoms. The van der Waals surface area contributed by atoms with Crippen LogP contribution in [0.2, 0.25) is 0 Å². The first-order valence-corrected chi connectivity index (χ1v) is 9.13. The molecule has 0 aromatic heterocycles. The molecule has 1 rings (SSSR count). The fourth-order valence-electron chi connectivity index (χ4n) is 2.87. The lowest BCUT2D eigenvalue weighted by molar-refractivity contribution is -0.0897. The Morgan fingerprint density at radius 2 is 1.74 bits per heavy atom. The number of halogens is 1. The van der Waals surface area contributed by atoms with Crippen molar-refractivity contribution < 1.29 is 9.47 Å². The van der Waals surface area contributed by atoms with Crippen LogP contribution in [0.3, 0.4) is 0 Å². The van der Waals surface area contributed by atoms with Crippen LogP contribution < -0.4 is 0 Å². The van der Waals surface area contributed by atoms with E-state index in [0.29, 0.717) is 11.5 Å². The highest BCUT2D eigenvalue weighted by Gasteiger charge is 2.38. The maximum atomic E-state index is 6.20. The molecule has 0 bridgehead atoms. The Morgan fingerprint density at radius 3 is 2.16 bits per heavy atom. The highest BCUT2D eigenvalue weighted by molar-refractivity contribution is 14.1. The van der Waals surface area contributed by atoms with Crippen LogP contribution in [0, 0.1) is 11.3 Å². The monoisotopic (exact) mass is 382 g/mol. The zero-order valence-electron chi connectivity index (χ0n) is 13.3. The standard InChI is InChI=1S/C16H31IO2/c1-13(2)18-10-11-19-16(12-17)8-6-14(7-9-16)15(3,4)5/h13-14H,6-12H2,1-5H3. The molecule has 0 saturated heterocycles.